The molecule has 4 aromatic rings. The Bertz CT molecular complexity index is 1360. The van der Waals surface area contributed by atoms with Crippen LogP contribution in [0.25, 0.3) is 16.5 Å². The van der Waals surface area contributed by atoms with E-state index in [4.69, 9.17) is 0 Å². The van der Waals surface area contributed by atoms with Crippen LogP contribution in [0.1, 0.15) is 24.4 Å². The van der Waals surface area contributed by atoms with Gasteiger partial charge in [0.1, 0.15) is 11.9 Å². The van der Waals surface area contributed by atoms with Crippen LogP contribution in [-0.4, -0.2) is 20.3 Å². The second-order valence-electron chi connectivity index (χ2n) is 7.32. The zero-order valence-corrected chi connectivity index (χ0v) is 18.8. The summed E-state index contributed by atoms with van der Waals surface area (Å²) in [4.78, 5) is 26.1. The van der Waals surface area contributed by atoms with E-state index in [0.29, 0.717) is 26.6 Å². The molecule has 0 spiro atoms. The summed E-state index contributed by atoms with van der Waals surface area (Å²) < 4.78 is 17.9. The zero-order chi connectivity index (χ0) is 22.3. The maximum atomic E-state index is 14.2. The second kappa shape index (κ2) is 8.11. The fraction of sp³-hybridized carbons (Fsp3) is 0.174. The smallest absolute Gasteiger partial charge is 0.281 e. The number of carbonyl (C=O) groups is 1. The summed E-state index contributed by atoms with van der Waals surface area (Å²) in [6.07, 6.45) is 1.64. The molecule has 0 aliphatic carbocycles. The van der Waals surface area contributed by atoms with Crippen molar-refractivity contribution in [3.8, 4) is 5.69 Å². The summed E-state index contributed by atoms with van der Waals surface area (Å²) in [5.41, 5.74) is 1.91. The second-order valence-corrected chi connectivity index (χ2v) is 8.23. The Morgan fingerprint density at radius 1 is 1.13 bits per heavy atom. The Hall–Kier alpha value is -3.26. The first kappa shape index (κ1) is 21.0. The molecule has 1 atom stereocenters. The first-order valence-corrected chi connectivity index (χ1v) is 10.5. The lowest BCUT2D eigenvalue weighted by Gasteiger charge is -2.18. The van der Waals surface area contributed by atoms with Gasteiger partial charge in [0.15, 0.2) is 0 Å². The van der Waals surface area contributed by atoms with Crippen LogP contribution in [0, 0.1) is 19.7 Å². The summed E-state index contributed by atoms with van der Waals surface area (Å²) in [5.74, 6) is -0.917. The number of carbonyl (C=O) groups excluding carboxylic acids is 1. The molecule has 6 nitrogen and oxygen atoms in total. The van der Waals surface area contributed by atoms with E-state index in [9.17, 15) is 14.0 Å². The van der Waals surface area contributed by atoms with Gasteiger partial charge >= 0.3 is 0 Å². The van der Waals surface area contributed by atoms with Crippen molar-refractivity contribution in [1.29, 1.82) is 0 Å². The van der Waals surface area contributed by atoms with Gasteiger partial charge in [-0.1, -0.05) is 34.1 Å². The number of halogens is 2. The third-order valence-corrected chi connectivity index (χ3v) is 5.90. The maximum Gasteiger partial charge on any atom is 0.281 e. The molecule has 1 amide bonds. The number of nitrogens with one attached hydrogen (secondary N) is 1. The standard InChI is InChI=1S/C23H20BrFN4O2/c1-13-18-12-26-29(17-7-5-4-6-8-17)23(31)21(18)14(2)28(13)15(3)22(30)27-20-10-9-16(24)11-19(20)25/h4-12,15H,1-3H3,(H,27,30). The monoisotopic (exact) mass is 482 g/mol. The zero-order valence-electron chi connectivity index (χ0n) is 17.2. The Balaban J connectivity index is 1.76. The highest BCUT2D eigenvalue weighted by Gasteiger charge is 2.24. The molecule has 0 saturated heterocycles. The molecule has 0 fully saturated rings. The highest BCUT2D eigenvalue weighted by Crippen LogP contribution is 2.27. The van der Waals surface area contributed by atoms with Crippen molar-refractivity contribution in [1.82, 2.24) is 14.3 Å². The number of hydrogen-bond donors (Lipinski definition) is 1. The van der Waals surface area contributed by atoms with Gasteiger partial charge in [0.05, 0.1) is 23.0 Å². The number of hydrogen-bond acceptors (Lipinski definition) is 3. The molecule has 0 radical (unpaired) electrons. The molecule has 31 heavy (non-hydrogen) atoms. The van der Waals surface area contributed by atoms with Gasteiger partial charge in [-0.05, 0) is 51.1 Å². The Labute approximate surface area is 186 Å². The molecule has 1 unspecified atom stereocenters. The van der Waals surface area contributed by atoms with Gasteiger partial charge < -0.3 is 9.88 Å². The summed E-state index contributed by atoms with van der Waals surface area (Å²) in [6.45, 7) is 5.36. The number of aryl methyl sites for hydroxylation is 2. The lowest BCUT2D eigenvalue weighted by molar-refractivity contribution is -0.118. The van der Waals surface area contributed by atoms with Gasteiger partial charge in [0, 0.05) is 21.2 Å². The van der Waals surface area contributed by atoms with E-state index in [1.54, 1.807) is 30.7 Å². The molecule has 2 aromatic heterocycles. The van der Waals surface area contributed by atoms with E-state index < -0.39 is 11.9 Å². The van der Waals surface area contributed by atoms with Gasteiger partial charge in [-0.15, -0.1) is 0 Å². The number of amides is 1. The summed E-state index contributed by atoms with van der Waals surface area (Å²) in [5, 5.41) is 8.14. The average molecular weight is 483 g/mol. The van der Waals surface area contributed by atoms with Crippen LogP contribution < -0.4 is 10.9 Å². The predicted molar refractivity (Wildman–Crippen MR) is 122 cm³/mol. The minimum absolute atomic E-state index is 0.0974. The van der Waals surface area contributed by atoms with E-state index in [-0.39, 0.29) is 17.2 Å². The van der Waals surface area contributed by atoms with E-state index in [1.165, 1.54) is 16.8 Å². The number of fused-ring (bicyclic) bond motifs is 1. The molecule has 1 N–H and O–H groups in total. The maximum absolute atomic E-state index is 14.2. The molecule has 2 aromatic carbocycles. The molecule has 2 heterocycles. The SMILES string of the molecule is Cc1c2cnn(-c3ccccc3)c(=O)c2c(C)n1C(C)C(=O)Nc1ccc(Br)cc1F. The van der Waals surface area contributed by atoms with Crippen LogP contribution >= 0.6 is 15.9 Å². The Kier molecular flexibility index (Phi) is 5.49. The summed E-state index contributed by atoms with van der Waals surface area (Å²) in [7, 11) is 0. The number of benzene rings is 2. The number of nitrogens with zero attached hydrogens (tertiary/aromatic N) is 3. The average Bonchev–Trinajstić information content (AvgIpc) is 3.01. The third kappa shape index (κ3) is 3.67. The molecule has 158 valence electrons. The lowest BCUT2D eigenvalue weighted by Crippen LogP contribution is -2.25. The van der Waals surface area contributed by atoms with Gasteiger partial charge in [0.25, 0.3) is 5.56 Å². The molecule has 0 bridgehead atoms. The fourth-order valence-corrected chi connectivity index (χ4v) is 4.19. The van der Waals surface area contributed by atoms with Crippen LogP contribution in [0.5, 0.6) is 0 Å². The Morgan fingerprint density at radius 2 is 1.84 bits per heavy atom. The number of para-hydroxylation sites is 1. The van der Waals surface area contributed by atoms with Gasteiger partial charge in [-0.3, -0.25) is 9.59 Å². The van der Waals surface area contributed by atoms with Crippen LogP contribution in [-0.2, 0) is 4.79 Å². The molecule has 0 saturated carbocycles. The molecule has 0 aliphatic rings. The number of aromatic nitrogens is 3. The van der Waals surface area contributed by atoms with Gasteiger partial charge in [-0.25, -0.2) is 4.39 Å². The van der Waals surface area contributed by atoms with E-state index in [0.717, 1.165) is 5.69 Å². The van der Waals surface area contributed by atoms with Crippen LogP contribution in [0.4, 0.5) is 10.1 Å². The van der Waals surface area contributed by atoms with Crippen molar-refractivity contribution in [2.45, 2.75) is 26.8 Å². The lowest BCUT2D eigenvalue weighted by atomic mass is 10.2. The van der Waals surface area contributed by atoms with Crippen LogP contribution in [0.15, 0.2) is 64.0 Å². The van der Waals surface area contributed by atoms with Crippen molar-refractivity contribution in [3.05, 3.63) is 86.8 Å². The Morgan fingerprint density at radius 3 is 2.52 bits per heavy atom. The third-order valence-electron chi connectivity index (χ3n) is 5.41. The minimum atomic E-state index is -0.667. The van der Waals surface area contributed by atoms with Crippen LogP contribution in [0.2, 0.25) is 0 Å². The molecular weight excluding hydrogens is 463 g/mol. The summed E-state index contributed by atoms with van der Waals surface area (Å²) in [6, 6.07) is 12.9. The molecule has 8 heteroatoms. The fourth-order valence-electron chi connectivity index (χ4n) is 3.86. The molecule has 0 aliphatic heterocycles. The van der Waals surface area contributed by atoms with Crippen molar-refractivity contribution >= 4 is 38.3 Å². The topological polar surface area (TPSA) is 68.9 Å². The first-order chi connectivity index (χ1) is 14.8. The van der Waals surface area contributed by atoms with Crippen molar-refractivity contribution < 1.29 is 9.18 Å². The quantitative estimate of drug-likeness (QED) is 0.449. The van der Waals surface area contributed by atoms with E-state index in [1.807, 2.05) is 37.3 Å². The molecular formula is C23H20BrFN4O2. The van der Waals surface area contributed by atoms with Crippen molar-refractivity contribution in [2.75, 3.05) is 5.32 Å². The van der Waals surface area contributed by atoms with Crippen LogP contribution in [0.3, 0.4) is 0 Å². The highest BCUT2D eigenvalue weighted by atomic mass is 79.9. The summed E-state index contributed by atoms with van der Waals surface area (Å²) >= 11 is 3.20. The normalized spacial score (nSPS) is 12.2. The molecule has 4 rings (SSSR count). The van der Waals surface area contributed by atoms with Crippen molar-refractivity contribution in [2.24, 2.45) is 0 Å². The van der Waals surface area contributed by atoms with Gasteiger partial charge in [0.2, 0.25) is 5.91 Å². The van der Waals surface area contributed by atoms with Gasteiger partial charge in [-0.2, -0.15) is 9.78 Å². The first-order valence-electron chi connectivity index (χ1n) is 9.70. The largest absolute Gasteiger partial charge is 0.336 e. The van der Waals surface area contributed by atoms with E-state index in [2.05, 4.69) is 26.3 Å². The number of rotatable bonds is 4. The van der Waals surface area contributed by atoms with Crippen molar-refractivity contribution in [3.63, 3.8) is 0 Å². The predicted octanol–water partition coefficient (Wildman–Crippen LogP) is 4.91. The number of anilines is 1. The van der Waals surface area contributed by atoms with E-state index >= 15 is 0 Å². The highest BCUT2D eigenvalue weighted by molar-refractivity contribution is 9.10. The minimum Gasteiger partial charge on any atom is -0.336 e.